The maximum atomic E-state index is 9.66. The molecule has 0 amide bonds. The molecule has 1 aliphatic rings. The summed E-state index contributed by atoms with van der Waals surface area (Å²) in [5, 5.41) is 32.0. The molecule has 1 saturated carbocycles. The molecule has 30 heavy (non-hydrogen) atoms. The van der Waals surface area contributed by atoms with Gasteiger partial charge in [0.05, 0.1) is 67.0 Å². The van der Waals surface area contributed by atoms with Gasteiger partial charge in [-0.3, -0.25) is 9.36 Å². The molecule has 5 rings (SSSR count). The summed E-state index contributed by atoms with van der Waals surface area (Å²) < 4.78 is 5.50. The number of nitrogens with zero attached hydrogens (tertiary/aromatic N) is 7. The Hall–Kier alpha value is -3.04. The molecule has 9 nitrogen and oxygen atoms in total. The van der Waals surface area contributed by atoms with Crippen molar-refractivity contribution >= 4 is 5.52 Å². The van der Waals surface area contributed by atoms with Gasteiger partial charge in [0, 0.05) is 23.5 Å². The van der Waals surface area contributed by atoms with E-state index in [2.05, 4.69) is 33.1 Å². The standard InChI is InChI=1S/C21H25N7O2/c1-14-3-2-4-19(14)27-10-16(8-24-27)21-20-5-6-22-28(20)12-18(25-21)15-7-23-26(9-15)11-17(30)13-29/h5-10,12,14,17,19,29-30H,2-4,11,13H2,1H3/t14-,17?,19+/m0/s1. The lowest BCUT2D eigenvalue weighted by Crippen LogP contribution is -2.19. The first-order valence-electron chi connectivity index (χ1n) is 10.3. The summed E-state index contributed by atoms with van der Waals surface area (Å²) in [6.45, 7) is 2.21. The Balaban J connectivity index is 1.52. The van der Waals surface area contributed by atoms with Crippen LogP contribution in [0.5, 0.6) is 0 Å². The second kappa shape index (κ2) is 7.66. The van der Waals surface area contributed by atoms with Gasteiger partial charge in [-0.05, 0) is 24.8 Å². The van der Waals surface area contributed by atoms with Crippen molar-refractivity contribution in [3.05, 3.63) is 43.2 Å². The quantitative estimate of drug-likeness (QED) is 0.507. The van der Waals surface area contributed by atoms with Crippen LogP contribution in [0.2, 0.25) is 0 Å². The number of hydrogen-bond acceptors (Lipinski definition) is 6. The minimum absolute atomic E-state index is 0.222. The summed E-state index contributed by atoms with van der Waals surface area (Å²) in [5.41, 5.74) is 4.25. The van der Waals surface area contributed by atoms with Gasteiger partial charge >= 0.3 is 0 Å². The molecule has 156 valence electrons. The van der Waals surface area contributed by atoms with Crippen molar-refractivity contribution < 1.29 is 10.2 Å². The summed E-state index contributed by atoms with van der Waals surface area (Å²) in [6, 6.07) is 2.39. The summed E-state index contributed by atoms with van der Waals surface area (Å²) in [6.07, 6.45) is 13.9. The molecule has 9 heteroatoms. The Morgan fingerprint density at radius 3 is 2.77 bits per heavy atom. The SMILES string of the molecule is C[C@H]1CCC[C@H]1n1cc(-c2nc(-c3cnn(CC(O)CO)c3)cn3nccc23)cn1. The van der Waals surface area contributed by atoms with E-state index in [1.807, 2.05) is 29.2 Å². The van der Waals surface area contributed by atoms with Gasteiger partial charge in [0.1, 0.15) is 0 Å². The maximum Gasteiger partial charge on any atom is 0.0999 e. The largest absolute Gasteiger partial charge is 0.394 e. The van der Waals surface area contributed by atoms with E-state index in [0.29, 0.717) is 12.0 Å². The zero-order valence-electron chi connectivity index (χ0n) is 16.8. The Kier molecular flexibility index (Phi) is 4.84. The summed E-state index contributed by atoms with van der Waals surface area (Å²) in [7, 11) is 0. The Morgan fingerprint density at radius 2 is 1.97 bits per heavy atom. The van der Waals surface area contributed by atoms with Crippen LogP contribution in [-0.4, -0.2) is 57.1 Å². The van der Waals surface area contributed by atoms with Crippen molar-refractivity contribution in [1.82, 2.24) is 34.2 Å². The number of aromatic nitrogens is 7. The lowest BCUT2D eigenvalue weighted by Gasteiger charge is -2.15. The smallest absolute Gasteiger partial charge is 0.0999 e. The van der Waals surface area contributed by atoms with Crippen LogP contribution >= 0.6 is 0 Å². The van der Waals surface area contributed by atoms with E-state index >= 15 is 0 Å². The Morgan fingerprint density at radius 1 is 1.10 bits per heavy atom. The molecule has 0 saturated heterocycles. The highest BCUT2D eigenvalue weighted by atomic mass is 16.3. The Bertz CT molecular complexity index is 1160. The molecule has 1 fully saturated rings. The van der Waals surface area contributed by atoms with Crippen molar-refractivity contribution in [2.75, 3.05) is 6.61 Å². The van der Waals surface area contributed by atoms with Crippen LogP contribution < -0.4 is 0 Å². The number of aliphatic hydroxyl groups excluding tert-OH is 2. The molecule has 0 aromatic carbocycles. The van der Waals surface area contributed by atoms with Gasteiger partial charge in [-0.2, -0.15) is 15.3 Å². The van der Waals surface area contributed by atoms with Crippen LogP contribution in [0.1, 0.15) is 32.2 Å². The number of rotatable bonds is 6. The lowest BCUT2D eigenvalue weighted by molar-refractivity contribution is 0.0783. The molecule has 2 N–H and O–H groups in total. The minimum atomic E-state index is -0.848. The second-order valence-corrected chi connectivity index (χ2v) is 8.11. The lowest BCUT2D eigenvalue weighted by atomic mass is 10.1. The predicted octanol–water partition coefficient (Wildman–Crippen LogP) is 2.17. The number of fused-ring (bicyclic) bond motifs is 1. The normalized spacial score (nSPS) is 20.2. The van der Waals surface area contributed by atoms with E-state index in [-0.39, 0.29) is 13.2 Å². The molecule has 0 aliphatic heterocycles. The first kappa shape index (κ1) is 19.0. The van der Waals surface area contributed by atoms with E-state index in [4.69, 9.17) is 10.1 Å². The van der Waals surface area contributed by atoms with Gasteiger partial charge in [-0.25, -0.2) is 9.50 Å². The first-order valence-corrected chi connectivity index (χ1v) is 10.3. The molecule has 1 aliphatic carbocycles. The van der Waals surface area contributed by atoms with Gasteiger partial charge in [-0.15, -0.1) is 0 Å². The summed E-state index contributed by atoms with van der Waals surface area (Å²) in [4.78, 5) is 4.91. The van der Waals surface area contributed by atoms with Crippen molar-refractivity contribution in [2.24, 2.45) is 5.92 Å². The van der Waals surface area contributed by atoms with Crippen LogP contribution in [0.3, 0.4) is 0 Å². The molecule has 4 aromatic heterocycles. The molecular formula is C21H25N7O2. The number of hydrogen-bond donors (Lipinski definition) is 2. The fourth-order valence-corrected chi connectivity index (χ4v) is 4.31. The third-order valence-corrected chi connectivity index (χ3v) is 5.96. The molecule has 4 aromatic rings. The summed E-state index contributed by atoms with van der Waals surface area (Å²) in [5.74, 6) is 0.632. The fraction of sp³-hybridized carbons (Fsp3) is 0.429. The minimum Gasteiger partial charge on any atom is -0.394 e. The van der Waals surface area contributed by atoms with Crippen LogP contribution in [-0.2, 0) is 6.54 Å². The van der Waals surface area contributed by atoms with Crippen molar-refractivity contribution in [3.63, 3.8) is 0 Å². The third-order valence-electron chi connectivity index (χ3n) is 5.96. The first-order chi connectivity index (χ1) is 14.6. The molecule has 0 bridgehead atoms. The van der Waals surface area contributed by atoms with Gasteiger partial charge in [0.15, 0.2) is 0 Å². The van der Waals surface area contributed by atoms with Gasteiger partial charge in [-0.1, -0.05) is 13.3 Å². The van der Waals surface area contributed by atoms with E-state index in [9.17, 15) is 5.11 Å². The average Bonchev–Trinajstić information content (AvgIpc) is 3.53. The zero-order valence-corrected chi connectivity index (χ0v) is 16.8. The molecule has 0 radical (unpaired) electrons. The van der Waals surface area contributed by atoms with E-state index in [0.717, 1.165) is 34.5 Å². The average molecular weight is 407 g/mol. The van der Waals surface area contributed by atoms with Gasteiger partial charge < -0.3 is 10.2 Å². The van der Waals surface area contributed by atoms with Crippen molar-refractivity contribution in [1.29, 1.82) is 0 Å². The molecule has 4 heterocycles. The van der Waals surface area contributed by atoms with E-state index in [1.54, 1.807) is 17.1 Å². The van der Waals surface area contributed by atoms with Crippen LogP contribution in [0.4, 0.5) is 0 Å². The van der Waals surface area contributed by atoms with Crippen LogP contribution in [0, 0.1) is 5.92 Å². The Labute approximate surface area is 173 Å². The monoisotopic (exact) mass is 407 g/mol. The zero-order chi connectivity index (χ0) is 20.7. The topological polar surface area (TPSA) is 106 Å². The van der Waals surface area contributed by atoms with E-state index < -0.39 is 6.10 Å². The van der Waals surface area contributed by atoms with E-state index in [1.165, 1.54) is 12.8 Å². The van der Waals surface area contributed by atoms with Gasteiger partial charge in [0.2, 0.25) is 0 Å². The molecule has 1 unspecified atom stereocenters. The highest BCUT2D eigenvalue weighted by Crippen LogP contribution is 2.36. The summed E-state index contributed by atoms with van der Waals surface area (Å²) >= 11 is 0. The molecule has 3 atom stereocenters. The molecule has 0 spiro atoms. The predicted molar refractivity (Wildman–Crippen MR) is 111 cm³/mol. The second-order valence-electron chi connectivity index (χ2n) is 8.11. The molecular weight excluding hydrogens is 382 g/mol. The highest BCUT2D eigenvalue weighted by Gasteiger charge is 2.26. The highest BCUT2D eigenvalue weighted by molar-refractivity contribution is 5.78. The fourth-order valence-electron chi connectivity index (χ4n) is 4.31. The maximum absolute atomic E-state index is 9.66. The van der Waals surface area contributed by atoms with Crippen LogP contribution in [0.15, 0.2) is 43.2 Å². The number of aliphatic hydroxyl groups is 2. The van der Waals surface area contributed by atoms with Crippen molar-refractivity contribution in [3.8, 4) is 22.5 Å². The van der Waals surface area contributed by atoms with Crippen LogP contribution in [0.25, 0.3) is 28.0 Å². The third kappa shape index (κ3) is 3.40. The van der Waals surface area contributed by atoms with Gasteiger partial charge in [0.25, 0.3) is 0 Å². The van der Waals surface area contributed by atoms with Crippen molar-refractivity contribution in [2.45, 2.75) is 44.9 Å².